The van der Waals surface area contributed by atoms with E-state index in [9.17, 15) is 0 Å². The molecule has 3 heteroatoms. The van der Waals surface area contributed by atoms with Crippen molar-refractivity contribution in [3.05, 3.63) is 0 Å². The summed E-state index contributed by atoms with van der Waals surface area (Å²) >= 11 is 0. The van der Waals surface area contributed by atoms with E-state index in [0.29, 0.717) is 6.32 Å². The van der Waals surface area contributed by atoms with Crippen molar-refractivity contribution in [3.63, 3.8) is 0 Å². The number of nitrogens with one attached hydrogen (secondary N) is 1. The van der Waals surface area contributed by atoms with Crippen LogP contribution in [0.5, 0.6) is 0 Å². The monoisotopic (exact) mass is 87.0 g/mol. The van der Waals surface area contributed by atoms with Crippen molar-refractivity contribution in [1.29, 1.82) is 0 Å². The summed E-state index contributed by atoms with van der Waals surface area (Å²) in [6.45, 7) is 0.880. The first kappa shape index (κ1) is 5.45. The van der Waals surface area contributed by atoms with Crippen LogP contribution < -0.4 is 5.09 Å². The molecule has 0 saturated heterocycles. The maximum absolute atomic E-state index is 5.06. The molecule has 0 fully saturated rings. The van der Waals surface area contributed by atoms with Crippen LogP contribution in [0, 0.1) is 0 Å². The lowest BCUT2D eigenvalue weighted by Gasteiger charge is -1.84. The summed E-state index contributed by atoms with van der Waals surface area (Å²) in [5.74, 6) is 0. The Bertz CT molecular complexity index is 17.1. The third kappa shape index (κ3) is 4.45. The molecular weight excluding hydrogens is 79.8 g/mol. The predicted molar refractivity (Wildman–Crippen MR) is 28.3 cm³/mol. The molecule has 0 aliphatic heterocycles. The maximum atomic E-state index is 5.06. The van der Waals surface area contributed by atoms with Crippen molar-refractivity contribution < 1.29 is 0 Å². The van der Waals surface area contributed by atoms with Gasteiger partial charge in [-0.3, -0.25) is 0 Å². The highest BCUT2D eigenvalue weighted by Gasteiger charge is 1.65. The largest absolute Gasteiger partial charge is 0.301 e. The molecule has 0 aromatic heterocycles. The zero-order chi connectivity index (χ0) is 4.12. The van der Waals surface area contributed by atoms with E-state index in [2.05, 4.69) is 14.5 Å². The van der Waals surface area contributed by atoms with Gasteiger partial charge in [-0.1, -0.05) is 15.7 Å². The highest BCUT2D eigenvalue weighted by atomic mass is 31.0. The van der Waals surface area contributed by atoms with Crippen LogP contribution in [0.3, 0.4) is 0 Å². The fourth-order valence-electron chi connectivity index (χ4n) is 0.0833. The fourth-order valence-corrected chi connectivity index (χ4v) is 0.250. The summed E-state index contributed by atoms with van der Waals surface area (Å²) in [6.07, 6.45) is 0.712. The fraction of sp³-hybridized carbons (Fsp3) is 1.00. The maximum Gasteiger partial charge on any atom is 0.0670 e. The lowest BCUT2D eigenvalue weighted by Crippen LogP contribution is -1.96. The van der Waals surface area contributed by atoms with Crippen LogP contribution in [0.1, 0.15) is 0 Å². The predicted octanol–water partition coefficient (Wildman–Crippen LogP) is -0.0471. The molecule has 0 bridgehead atoms. The standard InChI is InChI=1S/C2H7BNP/c3-1-2-4-5/h4H,1-2,5H2. The lowest BCUT2D eigenvalue weighted by molar-refractivity contribution is 1.03. The van der Waals surface area contributed by atoms with Crippen LogP contribution in [0.25, 0.3) is 0 Å². The normalized spacial score (nSPS) is 8.20. The first-order valence-electron chi connectivity index (χ1n) is 1.55. The SMILES string of the molecule is [B]CCNP. The second-order valence-corrected chi connectivity index (χ2v) is 1.15. The second-order valence-electron chi connectivity index (χ2n) is 0.743. The highest BCUT2D eigenvalue weighted by Crippen LogP contribution is 1.68. The van der Waals surface area contributed by atoms with Gasteiger partial charge in [-0.25, -0.2) is 0 Å². The van der Waals surface area contributed by atoms with Crippen molar-refractivity contribution in [2.24, 2.45) is 0 Å². The van der Waals surface area contributed by atoms with Crippen molar-refractivity contribution in [3.8, 4) is 0 Å². The van der Waals surface area contributed by atoms with Gasteiger partial charge in [0.25, 0.3) is 0 Å². The van der Waals surface area contributed by atoms with Crippen molar-refractivity contribution in [2.75, 3.05) is 6.54 Å². The summed E-state index contributed by atoms with van der Waals surface area (Å²) in [5, 5.41) is 2.81. The third-order valence-electron chi connectivity index (χ3n) is 0.289. The van der Waals surface area contributed by atoms with Gasteiger partial charge in [-0.2, -0.15) is 0 Å². The molecule has 28 valence electrons. The molecule has 0 aromatic rings. The average Bonchev–Trinajstić information content (AvgIpc) is 1.41. The first-order chi connectivity index (χ1) is 2.41. The summed E-state index contributed by atoms with van der Waals surface area (Å²) in [6, 6.07) is 0. The quantitative estimate of drug-likeness (QED) is 0.367. The average molecular weight is 86.9 g/mol. The molecule has 0 amide bonds. The molecule has 0 spiro atoms. The van der Waals surface area contributed by atoms with E-state index in [1.807, 2.05) is 0 Å². The minimum atomic E-state index is 0.712. The Morgan fingerprint density at radius 1 is 1.80 bits per heavy atom. The van der Waals surface area contributed by atoms with E-state index < -0.39 is 0 Å². The molecule has 1 unspecified atom stereocenters. The Balaban J connectivity index is 2.19. The van der Waals surface area contributed by atoms with Gasteiger partial charge in [0.1, 0.15) is 0 Å². The van der Waals surface area contributed by atoms with E-state index in [4.69, 9.17) is 7.85 Å². The lowest BCUT2D eigenvalue weighted by atomic mass is 10.1. The van der Waals surface area contributed by atoms with Crippen LogP contribution in [0.2, 0.25) is 6.32 Å². The van der Waals surface area contributed by atoms with Crippen LogP contribution in [0.4, 0.5) is 0 Å². The molecule has 0 aliphatic rings. The minimum absolute atomic E-state index is 0.712. The zero-order valence-corrected chi connectivity index (χ0v) is 4.22. The Hall–Kier alpha value is 0.455. The number of rotatable bonds is 2. The zero-order valence-electron chi connectivity index (χ0n) is 3.07. The summed E-state index contributed by atoms with van der Waals surface area (Å²) in [4.78, 5) is 0. The van der Waals surface area contributed by atoms with Crippen molar-refractivity contribution in [1.82, 2.24) is 5.09 Å². The molecule has 0 heterocycles. The summed E-state index contributed by atoms with van der Waals surface area (Å²) < 4.78 is 0. The Morgan fingerprint density at radius 2 is 2.40 bits per heavy atom. The van der Waals surface area contributed by atoms with E-state index in [0.717, 1.165) is 6.54 Å². The molecule has 2 radical (unpaired) electrons. The Labute approximate surface area is 36.2 Å². The third-order valence-corrected chi connectivity index (χ3v) is 0.577. The smallest absolute Gasteiger partial charge is 0.0670 e. The van der Waals surface area contributed by atoms with E-state index in [1.165, 1.54) is 0 Å². The van der Waals surface area contributed by atoms with Crippen LogP contribution in [-0.2, 0) is 0 Å². The van der Waals surface area contributed by atoms with Gasteiger partial charge in [0, 0.05) is 0 Å². The van der Waals surface area contributed by atoms with E-state index in [-0.39, 0.29) is 0 Å². The molecule has 1 nitrogen and oxygen atoms in total. The van der Waals surface area contributed by atoms with E-state index in [1.54, 1.807) is 0 Å². The van der Waals surface area contributed by atoms with Crippen molar-refractivity contribution in [2.45, 2.75) is 6.32 Å². The number of hydrogen-bond acceptors (Lipinski definition) is 1. The number of hydrogen-bond donors (Lipinski definition) is 1. The van der Waals surface area contributed by atoms with Gasteiger partial charge in [-0.05, 0) is 6.54 Å². The van der Waals surface area contributed by atoms with Gasteiger partial charge in [-0.15, -0.1) is 0 Å². The summed E-state index contributed by atoms with van der Waals surface area (Å²) in [7, 11) is 7.43. The Kier molecular flexibility index (Phi) is 4.86. The van der Waals surface area contributed by atoms with Gasteiger partial charge < -0.3 is 5.09 Å². The Morgan fingerprint density at radius 3 is 2.40 bits per heavy atom. The molecular formula is C2H7BNP. The topological polar surface area (TPSA) is 12.0 Å². The van der Waals surface area contributed by atoms with Gasteiger partial charge in [0.2, 0.25) is 0 Å². The first-order valence-corrected chi connectivity index (χ1v) is 2.13. The second kappa shape index (κ2) is 4.45. The van der Waals surface area contributed by atoms with Crippen LogP contribution in [-0.4, -0.2) is 14.4 Å². The summed E-state index contributed by atoms with van der Waals surface area (Å²) in [5.41, 5.74) is 0. The van der Waals surface area contributed by atoms with Crippen molar-refractivity contribution >= 4 is 17.2 Å². The molecule has 5 heavy (non-hydrogen) atoms. The molecule has 0 saturated carbocycles. The molecule has 1 N–H and O–H groups in total. The molecule has 1 atom stereocenters. The molecule has 0 aromatic carbocycles. The van der Waals surface area contributed by atoms with Crippen LogP contribution >= 0.6 is 9.39 Å². The van der Waals surface area contributed by atoms with E-state index >= 15 is 0 Å². The highest BCUT2D eigenvalue weighted by molar-refractivity contribution is 7.13. The minimum Gasteiger partial charge on any atom is -0.301 e. The molecule has 0 rings (SSSR count). The van der Waals surface area contributed by atoms with Crippen LogP contribution in [0.15, 0.2) is 0 Å². The van der Waals surface area contributed by atoms with Gasteiger partial charge in [0.05, 0.1) is 7.85 Å². The van der Waals surface area contributed by atoms with Gasteiger partial charge >= 0.3 is 0 Å². The molecule has 0 aliphatic carbocycles. The van der Waals surface area contributed by atoms with Gasteiger partial charge in [0.15, 0.2) is 0 Å².